The monoisotopic (exact) mass is 739 g/mol. The smallest absolute Gasteiger partial charge is 0.462 e. The Morgan fingerprint density at radius 3 is 1.42 bits per heavy atom. The minimum atomic E-state index is -4.60. The van der Waals surface area contributed by atoms with E-state index in [0.717, 1.165) is 38.5 Å². The van der Waals surface area contributed by atoms with Gasteiger partial charge in [-0.05, 0) is 12.8 Å². The van der Waals surface area contributed by atoms with E-state index in [0.29, 0.717) is 17.6 Å². The maximum atomic E-state index is 12.6. The third-order valence-electron chi connectivity index (χ3n) is 8.34. The molecule has 12 heteroatoms. The summed E-state index contributed by atoms with van der Waals surface area (Å²) in [6.45, 7) is 3.44. The van der Waals surface area contributed by atoms with Crippen molar-refractivity contribution in [1.82, 2.24) is 0 Å². The summed E-state index contributed by atoms with van der Waals surface area (Å²) in [4.78, 5) is 35.2. The van der Waals surface area contributed by atoms with Crippen molar-refractivity contribution in [2.24, 2.45) is 0 Å². The highest BCUT2D eigenvalue weighted by atomic mass is 31.2. The molecule has 0 aromatic carbocycles. The molecule has 0 heterocycles. The molecule has 0 bridgehead atoms. The third-order valence-corrected chi connectivity index (χ3v) is 9.29. The first-order valence-corrected chi connectivity index (χ1v) is 21.4. The van der Waals surface area contributed by atoms with Crippen LogP contribution in [0.3, 0.4) is 0 Å². The summed E-state index contributed by atoms with van der Waals surface area (Å²) in [5.41, 5.74) is 0. The number of phosphoric acid groups is 1. The number of hydrogen-bond acceptors (Lipinski definition) is 9. The lowest BCUT2D eigenvalue weighted by Gasteiger charge is -2.24. The van der Waals surface area contributed by atoms with Gasteiger partial charge in [0.1, 0.15) is 12.7 Å². The van der Waals surface area contributed by atoms with E-state index in [9.17, 15) is 24.2 Å². The van der Waals surface area contributed by atoms with Crippen LogP contribution in [0.5, 0.6) is 0 Å². The van der Waals surface area contributed by atoms with Gasteiger partial charge in [-0.25, -0.2) is 4.57 Å². The van der Waals surface area contributed by atoms with E-state index < -0.39 is 45.2 Å². The number of esters is 2. The van der Waals surface area contributed by atoms with Crippen LogP contribution in [0.25, 0.3) is 0 Å². The van der Waals surface area contributed by atoms with Crippen molar-refractivity contribution in [2.75, 3.05) is 54.3 Å². The normalized spacial score (nSPS) is 14.3. The molecule has 0 rings (SSSR count). The molecule has 0 aliphatic carbocycles. The molecule has 50 heavy (non-hydrogen) atoms. The summed E-state index contributed by atoms with van der Waals surface area (Å²) in [7, 11) is 1.18. The SMILES string of the molecule is CCCCCCCCCCCCCC(=O)OCC(COP(=O)(O)OCC(O)COC[N+](C)(C)C)OC(=O)CCCCCCCCCCCCC. The molecule has 0 amide bonds. The van der Waals surface area contributed by atoms with Crippen molar-refractivity contribution >= 4 is 19.8 Å². The number of nitrogens with zero attached hydrogens (tertiary/aromatic N) is 1. The van der Waals surface area contributed by atoms with Gasteiger partial charge < -0.3 is 28.7 Å². The van der Waals surface area contributed by atoms with Gasteiger partial charge >= 0.3 is 19.8 Å². The predicted octanol–water partition coefficient (Wildman–Crippen LogP) is 9.02. The van der Waals surface area contributed by atoms with Crippen molar-refractivity contribution in [3.63, 3.8) is 0 Å². The van der Waals surface area contributed by atoms with E-state index in [2.05, 4.69) is 13.8 Å². The van der Waals surface area contributed by atoms with Crippen molar-refractivity contribution in [3.05, 3.63) is 0 Å². The first kappa shape index (κ1) is 48.9. The number of rotatable bonds is 37. The lowest BCUT2D eigenvalue weighted by Crippen LogP contribution is -2.38. The molecule has 2 N–H and O–H groups in total. The van der Waals surface area contributed by atoms with Crippen LogP contribution in [0.1, 0.15) is 168 Å². The fourth-order valence-corrected chi connectivity index (χ4v) is 6.18. The maximum absolute atomic E-state index is 12.6. The molecule has 3 unspecified atom stereocenters. The Morgan fingerprint density at radius 1 is 0.580 bits per heavy atom. The van der Waals surface area contributed by atoms with E-state index in [1.807, 2.05) is 21.1 Å². The van der Waals surface area contributed by atoms with Gasteiger partial charge in [-0.1, -0.05) is 142 Å². The molecule has 3 atom stereocenters. The van der Waals surface area contributed by atoms with E-state index in [4.69, 9.17) is 23.3 Å². The minimum Gasteiger partial charge on any atom is -0.462 e. The highest BCUT2D eigenvalue weighted by Gasteiger charge is 2.27. The Bertz CT molecular complexity index is 854. The fourth-order valence-electron chi connectivity index (χ4n) is 5.39. The molecule has 0 aliphatic heterocycles. The van der Waals surface area contributed by atoms with Crippen LogP contribution in [0, 0.1) is 0 Å². The molecule has 0 aromatic heterocycles. The van der Waals surface area contributed by atoms with Crippen molar-refractivity contribution in [2.45, 2.75) is 180 Å². The molecule has 0 saturated heterocycles. The first-order valence-electron chi connectivity index (χ1n) is 19.9. The number of phosphoric ester groups is 1. The zero-order chi connectivity index (χ0) is 37.4. The quantitative estimate of drug-likeness (QED) is 0.0209. The molecule has 0 radical (unpaired) electrons. The van der Waals surface area contributed by atoms with Crippen LogP contribution in [0.2, 0.25) is 0 Å². The number of quaternary nitrogens is 1. The Hall–Kier alpha value is -1.07. The molecule has 11 nitrogen and oxygen atoms in total. The summed E-state index contributed by atoms with van der Waals surface area (Å²) in [6, 6.07) is 0. The number of carbonyl (C=O) groups is 2. The van der Waals surface area contributed by atoms with Gasteiger partial charge in [-0.3, -0.25) is 18.6 Å². The van der Waals surface area contributed by atoms with E-state index >= 15 is 0 Å². The molecular weight excluding hydrogens is 661 g/mol. The molecule has 0 fully saturated rings. The van der Waals surface area contributed by atoms with Gasteiger partial charge in [0.2, 0.25) is 0 Å². The van der Waals surface area contributed by atoms with Gasteiger partial charge in [0.25, 0.3) is 0 Å². The minimum absolute atomic E-state index is 0.0795. The number of unbranched alkanes of at least 4 members (excludes halogenated alkanes) is 20. The fraction of sp³-hybridized carbons (Fsp3) is 0.947. The molecular formula is C38H77NO10P+. The number of aliphatic hydroxyl groups excluding tert-OH is 1. The number of aliphatic hydroxyl groups is 1. The second-order valence-electron chi connectivity index (χ2n) is 14.9. The number of carbonyl (C=O) groups excluding carboxylic acids is 2. The van der Waals surface area contributed by atoms with Gasteiger partial charge in [-0.15, -0.1) is 0 Å². The molecule has 0 spiro atoms. The van der Waals surface area contributed by atoms with E-state index in [-0.39, 0.29) is 26.1 Å². The second-order valence-corrected chi connectivity index (χ2v) is 16.3. The summed E-state index contributed by atoms with van der Waals surface area (Å²) in [6.07, 6.45) is 24.0. The summed E-state index contributed by atoms with van der Waals surface area (Å²) < 4.78 is 39.3. The van der Waals surface area contributed by atoms with Crippen LogP contribution in [-0.2, 0) is 37.4 Å². The number of ether oxygens (including phenoxy) is 3. The second kappa shape index (κ2) is 32.6. The van der Waals surface area contributed by atoms with E-state index in [1.165, 1.54) is 96.3 Å². The summed E-state index contributed by atoms with van der Waals surface area (Å²) >= 11 is 0. The number of hydrogen-bond donors (Lipinski definition) is 2. The Morgan fingerprint density at radius 2 is 0.980 bits per heavy atom. The average molecular weight is 739 g/mol. The standard InChI is InChI=1S/C38H76NO10P/c1-6-8-10-12-14-16-18-20-22-24-26-28-37(41)46-32-36(33-48-50(43,44)47-31-35(40)30-45-34-39(3,4)5)49-38(42)29-27-25-23-21-19-17-15-13-11-9-7-2/h35-36,40H,6-34H2,1-5H3/p+1. The zero-order valence-corrected chi connectivity index (χ0v) is 33.6. The van der Waals surface area contributed by atoms with Crippen molar-refractivity contribution in [3.8, 4) is 0 Å². The van der Waals surface area contributed by atoms with Crippen LogP contribution >= 0.6 is 7.82 Å². The van der Waals surface area contributed by atoms with E-state index in [1.54, 1.807) is 0 Å². The molecule has 298 valence electrons. The Balaban J connectivity index is 4.58. The van der Waals surface area contributed by atoms with Crippen LogP contribution in [0.4, 0.5) is 0 Å². The highest BCUT2D eigenvalue weighted by molar-refractivity contribution is 7.47. The topological polar surface area (TPSA) is 138 Å². The maximum Gasteiger partial charge on any atom is 0.472 e. The predicted molar refractivity (Wildman–Crippen MR) is 200 cm³/mol. The molecule has 0 aliphatic rings. The van der Waals surface area contributed by atoms with Gasteiger partial charge in [-0.2, -0.15) is 0 Å². The zero-order valence-electron chi connectivity index (χ0n) is 32.7. The lowest BCUT2D eigenvalue weighted by molar-refractivity contribution is -0.890. The van der Waals surface area contributed by atoms with Crippen LogP contribution in [-0.4, -0.2) is 92.9 Å². The summed E-state index contributed by atoms with van der Waals surface area (Å²) in [5.74, 6) is -0.887. The average Bonchev–Trinajstić information content (AvgIpc) is 3.06. The van der Waals surface area contributed by atoms with Crippen LogP contribution < -0.4 is 0 Å². The molecule has 0 saturated carbocycles. The summed E-state index contributed by atoms with van der Waals surface area (Å²) in [5, 5.41) is 10.1. The highest BCUT2D eigenvalue weighted by Crippen LogP contribution is 2.43. The van der Waals surface area contributed by atoms with Gasteiger partial charge in [0, 0.05) is 12.8 Å². The molecule has 0 aromatic rings. The van der Waals surface area contributed by atoms with Crippen molar-refractivity contribution in [1.29, 1.82) is 0 Å². The third kappa shape index (κ3) is 35.3. The Kier molecular flexibility index (Phi) is 31.9. The largest absolute Gasteiger partial charge is 0.472 e. The first-order chi connectivity index (χ1) is 23.9. The van der Waals surface area contributed by atoms with Crippen LogP contribution in [0.15, 0.2) is 0 Å². The van der Waals surface area contributed by atoms with Crippen molar-refractivity contribution < 1.29 is 51.9 Å². The Labute approximate surface area is 305 Å². The lowest BCUT2D eigenvalue weighted by atomic mass is 10.1. The van der Waals surface area contributed by atoms with Gasteiger partial charge in [0.05, 0.1) is 41.0 Å². The van der Waals surface area contributed by atoms with Gasteiger partial charge in [0.15, 0.2) is 12.8 Å².